The number of hydrogen-bond donors (Lipinski definition) is 2. The smallest absolute Gasteiger partial charge is 0.410 e. The van der Waals surface area contributed by atoms with Crippen molar-refractivity contribution in [3.8, 4) is 5.75 Å². The summed E-state index contributed by atoms with van der Waals surface area (Å²) in [6, 6.07) is 9.01. The van der Waals surface area contributed by atoms with Gasteiger partial charge in [-0.15, -0.1) is 0 Å². The number of carbonyl (C=O) groups is 2. The summed E-state index contributed by atoms with van der Waals surface area (Å²) in [6.07, 6.45) is 6.25. The molecule has 0 heterocycles. The minimum absolute atomic E-state index is 0.0534. The Balaban J connectivity index is 1.67. The lowest BCUT2D eigenvalue weighted by Crippen LogP contribution is -2.42. The highest BCUT2D eigenvalue weighted by molar-refractivity contribution is 5.82. The van der Waals surface area contributed by atoms with Crippen molar-refractivity contribution in [2.24, 2.45) is 0 Å². The molecule has 1 aliphatic rings. The van der Waals surface area contributed by atoms with Crippen molar-refractivity contribution in [3.63, 3.8) is 0 Å². The van der Waals surface area contributed by atoms with E-state index >= 15 is 0 Å². The number of carbonyl (C=O) groups excluding carboxylic acids is 2. The molecule has 2 rings (SSSR count). The van der Waals surface area contributed by atoms with Gasteiger partial charge < -0.3 is 15.4 Å². The SMILES string of the molecule is O=C(CNC(=O)Oc1ccccc1)NC1CCCCCC1. The highest BCUT2D eigenvalue weighted by Gasteiger charge is 2.15. The Morgan fingerprint density at radius 1 is 1.05 bits per heavy atom. The van der Waals surface area contributed by atoms with Crippen LogP contribution in [0.25, 0.3) is 0 Å². The molecule has 2 amide bonds. The first-order chi connectivity index (χ1) is 10.2. The van der Waals surface area contributed by atoms with Crippen molar-refractivity contribution >= 4 is 12.0 Å². The molecule has 21 heavy (non-hydrogen) atoms. The third-order valence-electron chi connectivity index (χ3n) is 3.57. The molecule has 0 atom stereocenters. The van der Waals surface area contributed by atoms with Crippen LogP contribution in [0.15, 0.2) is 30.3 Å². The molecule has 1 fully saturated rings. The fourth-order valence-corrected chi connectivity index (χ4v) is 2.49. The van der Waals surface area contributed by atoms with Gasteiger partial charge in [-0.25, -0.2) is 4.79 Å². The Hall–Kier alpha value is -2.04. The summed E-state index contributed by atoms with van der Waals surface area (Å²) in [5.74, 6) is 0.297. The fraction of sp³-hybridized carbons (Fsp3) is 0.500. The lowest BCUT2D eigenvalue weighted by Gasteiger charge is -2.16. The molecule has 1 aliphatic carbocycles. The van der Waals surface area contributed by atoms with Crippen LogP contribution in [-0.4, -0.2) is 24.6 Å². The number of hydrogen-bond acceptors (Lipinski definition) is 3. The molecule has 5 nitrogen and oxygen atoms in total. The first-order valence-electron chi connectivity index (χ1n) is 7.54. The van der Waals surface area contributed by atoms with E-state index in [1.807, 2.05) is 6.07 Å². The molecule has 0 radical (unpaired) electrons. The van der Waals surface area contributed by atoms with E-state index in [1.165, 1.54) is 12.8 Å². The molecular weight excluding hydrogens is 268 g/mol. The molecule has 1 saturated carbocycles. The van der Waals surface area contributed by atoms with Gasteiger partial charge in [-0.1, -0.05) is 43.9 Å². The Labute approximate surface area is 125 Å². The second kappa shape index (κ2) is 8.29. The van der Waals surface area contributed by atoms with Gasteiger partial charge in [0.25, 0.3) is 0 Å². The molecule has 0 spiro atoms. The van der Waals surface area contributed by atoms with E-state index in [1.54, 1.807) is 24.3 Å². The fourth-order valence-electron chi connectivity index (χ4n) is 2.49. The predicted octanol–water partition coefficient (Wildman–Crippen LogP) is 2.61. The van der Waals surface area contributed by atoms with Gasteiger partial charge in [0, 0.05) is 6.04 Å². The van der Waals surface area contributed by atoms with Crippen LogP contribution in [0.5, 0.6) is 5.75 Å². The van der Waals surface area contributed by atoms with Crippen LogP contribution in [0.2, 0.25) is 0 Å². The topological polar surface area (TPSA) is 67.4 Å². The highest BCUT2D eigenvalue weighted by Crippen LogP contribution is 2.16. The lowest BCUT2D eigenvalue weighted by atomic mass is 10.1. The zero-order chi connectivity index (χ0) is 14.9. The van der Waals surface area contributed by atoms with E-state index in [0.29, 0.717) is 5.75 Å². The van der Waals surface area contributed by atoms with Crippen molar-refractivity contribution < 1.29 is 14.3 Å². The van der Waals surface area contributed by atoms with Crippen LogP contribution in [0.4, 0.5) is 4.79 Å². The Morgan fingerprint density at radius 3 is 2.38 bits per heavy atom. The van der Waals surface area contributed by atoms with E-state index in [2.05, 4.69) is 10.6 Å². The summed E-state index contributed by atoms with van der Waals surface area (Å²) in [4.78, 5) is 23.3. The van der Waals surface area contributed by atoms with Crippen molar-refractivity contribution in [2.45, 2.75) is 44.6 Å². The van der Waals surface area contributed by atoms with Crippen LogP contribution >= 0.6 is 0 Å². The second-order valence-corrected chi connectivity index (χ2v) is 5.31. The van der Waals surface area contributed by atoms with Crippen LogP contribution < -0.4 is 15.4 Å². The van der Waals surface area contributed by atoms with Crippen LogP contribution in [0.3, 0.4) is 0 Å². The van der Waals surface area contributed by atoms with Gasteiger partial charge in [0.15, 0.2) is 0 Å². The third-order valence-corrected chi connectivity index (χ3v) is 3.57. The molecule has 114 valence electrons. The maximum Gasteiger partial charge on any atom is 0.413 e. The standard InChI is InChI=1S/C16H22N2O3/c19-15(18-13-8-4-1-2-5-9-13)12-17-16(20)21-14-10-6-3-7-11-14/h3,6-7,10-11,13H,1-2,4-5,8-9,12H2,(H,17,20)(H,18,19). The summed E-state index contributed by atoms with van der Waals surface area (Å²) in [5, 5.41) is 5.43. The maximum absolute atomic E-state index is 11.8. The zero-order valence-electron chi connectivity index (χ0n) is 12.1. The van der Waals surface area contributed by atoms with Crippen molar-refractivity contribution in [1.82, 2.24) is 10.6 Å². The minimum atomic E-state index is -0.614. The minimum Gasteiger partial charge on any atom is -0.410 e. The third kappa shape index (κ3) is 5.85. The summed E-state index contributed by atoms with van der Waals surface area (Å²) >= 11 is 0. The molecule has 0 bridgehead atoms. The average molecular weight is 290 g/mol. The quantitative estimate of drug-likeness (QED) is 0.838. The number of ether oxygens (including phenoxy) is 1. The van der Waals surface area contributed by atoms with Gasteiger partial charge in [-0.3, -0.25) is 4.79 Å². The van der Waals surface area contributed by atoms with E-state index in [0.717, 1.165) is 25.7 Å². The molecule has 0 aliphatic heterocycles. The van der Waals surface area contributed by atoms with Gasteiger partial charge in [0.05, 0.1) is 0 Å². The normalized spacial score (nSPS) is 15.8. The second-order valence-electron chi connectivity index (χ2n) is 5.31. The molecule has 5 heteroatoms. The number of benzene rings is 1. The first kappa shape index (κ1) is 15.4. The molecule has 1 aromatic rings. The Kier molecular flexibility index (Phi) is 6.06. The monoisotopic (exact) mass is 290 g/mol. The first-order valence-corrected chi connectivity index (χ1v) is 7.54. The molecule has 0 saturated heterocycles. The van der Waals surface area contributed by atoms with Crippen molar-refractivity contribution in [3.05, 3.63) is 30.3 Å². The van der Waals surface area contributed by atoms with Gasteiger partial charge >= 0.3 is 6.09 Å². The number of nitrogens with one attached hydrogen (secondary N) is 2. The summed E-state index contributed by atoms with van der Waals surface area (Å²) < 4.78 is 5.04. The summed E-state index contributed by atoms with van der Waals surface area (Å²) in [5.41, 5.74) is 0. The van der Waals surface area contributed by atoms with Crippen LogP contribution in [-0.2, 0) is 4.79 Å². The van der Waals surface area contributed by atoms with Crippen molar-refractivity contribution in [1.29, 1.82) is 0 Å². The van der Waals surface area contributed by atoms with E-state index in [4.69, 9.17) is 4.74 Å². The molecule has 0 aromatic heterocycles. The zero-order valence-corrected chi connectivity index (χ0v) is 12.1. The molecule has 0 unspecified atom stereocenters. The van der Waals surface area contributed by atoms with Gasteiger partial charge in [0.1, 0.15) is 12.3 Å². The Bertz CT molecular complexity index is 454. The van der Waals surface area contributed by atoms with Crippen molar-refractivity contribution in [2.75, 3.05) is 6.54 Å². The van der Waals surface area contributed by atoms with Gasteiger partial charge in [0.2, 0.25) is 5.91 Å². The average Bonchev–Trinajstić information content (AvgIpc) is 2.75. The molecule has 2 N–H and O–H groups in total. The van der Waals surface area contributed by atoms with Gasteiger partial charge in [-0.05, 0) is 25.0 Å². The molecular formula is C16H22N2O3. The Morgan fingerprint density at radius 2 is 1.71 bits per heavy atom. The lowest BCUT2D eigenvalue weighted by molar-refractivity contribution is -0.120. The van der Waals surface area contributed by atoms with Crippen LogP contribution in [0, 0.1) is 0 Å². The summed E-state index contributed by atoms with van der Waals surface area (Å²) in [7, 11) is 0. The largest absolute Gasteiger partial charge is 0.413 e. The number of rotatable bonds is 4. The number of para-hydroxylation sites is 1. The summed E-state index contributed by atoms with van der Waals surface area (Å²) in [6.45, 7) is -0.0534. The number of amides is 2. The van der Waals surface area contributed by atoms with E-state index in [-0.39, 0.29) is 18.5 Å². The maximum atomic E-state index is 11.8. The van der Waals surface area contributed by atoms with E-state index in [9.17, 15) is 9.59 Å². The predicted molar refractivity (Wildman–Crippen MR) is 80.1 cm³/mol. The molecule has 1 aromatic carbocycles. The van der Waals surface area contributed by atoms with E-state index < -0.39 is 6.09 Å². The van der Waals surface area contributed by atoms with Gasteiger partial charge in [-0.2, -0.15) is 0 Å². The van der Waals surface area contributed by atoms with Crippen LogP contribution in [0.1, 0.15) is 38.5 Å². The highest BCUT2D eigenvalue weighted by atomic mass is 16.6.